The van der Waals surface area contributed by atoms with Gasteiger partial charge in [-0.3, -0.25) is 4.79 Å². The molecular weight excluding hydrogens is 216 g/mol. The van der Waals surface area contributed by atoms with Crippen LogP contribution in [0, 0.1) is 11.6 Å². The number of nitrogens with one attached hydrogen (secondary N) is 1. The summed E-state index contributed by atoms with van der Waals surface area (Å²) < 4.78 is 26.2. The number of rotatable bonds is 5. The van der Waals surface area contributed by atoms with Gasteiger partial charge in [0.05, 0.1) is 6.42 Å². The molecule has 16 heavy (non-hydrogen) atoms. The fourth-order valence-corrected chi connectivity index (χ4v) is 1.36. The van der Waals surface area contributed by atoms with E-state index in [4.69, 9.17) is 5.11 Å². The normalized spacial score (nSPS) is 12.4. The van der Waals surface area contributed by atoms with Gasteiger partial charge in [-0.1, -0.05) is 12.1 Å². The molecular formula is C11H13F2NO2. The van der Waals surface area contributed by atoms with Crippen LogP contribution in [0.4, 0.5) is 8.78 Å². The highest BCUT2D eigenvalue weighted by atomic mass is 19.2. The van der Waals surface area contributed by atoms with Crippen molar-refractivity contribution in [2.75, 3.05) is 6.54 Å². The van der Waals surface area contributed by atoms with Crippen LogP contribution in [0.5, 0.6) is 0 Å². The zero-order chi connectivity index (χ0) is 12.1. The summed E-state index contributed by atoms with van der Waals surface area (Å²) in [4.78, 5) is 10.3. The van der Waals surface area contributed by atoms with Gasteiger partial charge in [0.1, 0.15) is 0 Å². The molecule has 1 aromatic carbocycles. The Morgan fingerprint density at radius 1 is 1.50 bits per heavy atom. The Morgan fingerprint density at radius 3 is 2.81 bits per heavy atom. The molecule has 0 amide bonds. The molecule has 0 saturated carbocycles. The fourth-order valence-electron chi connectivity index (χ4n) is 1.36. The third-order valence-electron chi connectivity index (χ3n) is 2.24. The lowest BCUT2D eigenvalue weighted by molar-refractivity contribution is -0.136. The van der Waals surface area contributed by atoms with Crippen molar-refractivity contribution in [2.45, 2.75) is 19.4 Å². The van der Waals surface area contributed by atoms with Crippen molar-refractivity contribution in [3.8, 4) is 0 Å². The summed E-state index contributed by atoms with van der Waals surface area (Å²) in [6.07, 6.45) is -0.0543. The molecule has 0 aliphatic rings. The summed E-state index contributed by atoms with van der Waals surface area (Å²) in [7, 11) is 0. The summed E-state index contributed by atoms with van der Waals surface area (Å²) in [6.45, 7) is 1.87. The van der Waals surface area contributed by atoms with Crippen LogP contribution in [0.1, 0.15) is 24.9 Å². The molecule has 1 atom stereocenters. The second-order valence-corrected chi connectivity index (χ2v) is 3.46. The van der Waals surface area contributed by atoms with Crippen LogP contribution in [0.3, 0.4) is 0 Å². The summed E-state index contributed by atoms with van der Waals surface area (Å²) >= 11 is 0. The predicted octanol–water partition coefficient (Wildman–Crippen LogP) is 2.09. The van der Waals surface area contributed by atoms with Crippen LogP contribution < -0.4 is 5.32 Å². The van der Waals surface area contributed by atoms with Gasteiger partial charge in [0.15, 0.2) is 11.6 Å². The third-order valence-corrected chi connectivity index (χ3v) is 2.24. The maximum atomic E-state index is 13.3. The molecule has 0 bridgehead atoms. The van der Waals surface area contributed by atoms with E-state index >= 15 is 0 Å². The average molecular weight is 229 g/mol. The Labute approximate surface area is 92.1 Å². The molecule has 2 N–H and O–H groups in total. The molecule has 5 heteroatoms. The highest BCUT2D eigenvalue weighted by Gasteiger charge is 2.13. The standard InChI is InChI=1S/C11H13F2NO2/c1-7(14-6-5-10(15)16)8-3-2-4-9(12)11(8)13/h2-4,7,14H,5-6H2,1H3,(H,15,16). The minimum atomic E-state index is -0.931. The molecule has 1 aromatic rings. The minimum absolute atomic E-state index is 0.0543. The highest BCUT2D eigenvalue weighted by Crippen LogP contribution is 2.18. The van der Waals surface area contributed by atoms with E-state index in [0.29, 0.717) is 0 Å². The second-order valence-electron chi connectivity index (χ2n) is 3.46. The molecule has 0 spiro atoms. The number of carbonyl (C=O) groups is 1. The van der Waals surface area contributed by atoms with Crippen molar-refractivity contribution in [3.05, 3.63) is 35.4 Å². The van der Waals surface area contributed by atoms with Gasteiger partial charge in [0.25, 0.3) is 0 Å². The molecule has 0 radical (unpaired) electrons. The third kappa shape index (κ3) is 3.27. The number of hydrogen-bond donors (Lipinski definition) is 2. The molecule has 0 aliphatic heterocycles. The summed E-state index contributed by atoms with van der Waals surface area (Å²) in [5, 5.41) is 11.2. The number of hydrogen-bond acceptors (Lipinski definition) is 2. The van der Waals surface area contributed by atoms with Crippen LogP contribution in [-0.4, -0.2) is 17.6 Å². The Balaban J connectivity index is 2.62. The van der Waals surface area contributed by atoms with Gasteiger partial charge in [-0.05, 0) is 13.0 Å². The molecule has 0 heterocycles. The van der Waals surface area contributed by atoms with E-state index < -0.39 is 23.6 Å². The van der Waals surface area contributed by atoms with Crippen LogP contribution in [0.15, 0.2) is 18.2 Å². The molecule has 0 aliphatic carbocycles. The highest BCUT2D eigenvalue weighted by molar-refractivity contribution is 5.66. The molecule has 0 fully saturated rings. The average Bonchev–Trinajstić information content (AvgIpc) is 2.21. The Bertz CT molecular complexity index is 382. The quantitative estimate of drug-likeness (QED) is 0.812. The first kappa shape index (κ1) is 12.6. The number of aliphatic carboxylic acids is 1. The number of benzene rings is 1. The number of halogens is 2. The van der Waals surface area contributed by atoms with Crippen molar-refractivity contribution < 1.29 is 18.7 Å². The van der Waals surface area contributed by atoms with E-state index in [2.05, 4.69) is 5.32 Å². The van der Waals surface area contributed by atoms with E-state index in [-0.39, 0.29) is 18.5 Å². The first-order valence-corrected chi connectivity index (χ1v) is 4.91. The van der Waals surface area contributed by atoms with E-state index in [1.807, 2.05) is 0 Å². The predicted molar refractivity (Wildman–Crippen MR) is 55.0 cm³/mol. The van der Waals surface area contributed by atoms with Crippen molar-refractivity contribution in [1.29, 1.82) is 0 Å². The van der Waals surface area contributed by atoms with Gasteiger partial charge in [0, 0.05) is 18.2 Å². The SMILES string of the molecule is CC(NCCC(=O)O)c1cccc(F)c1F. The zero-order valence-electron chi connectivity index (χ0n) is 8.84. The molecule has 3 nitrogen and oxygen atoms in total. The lowest BCUT2D eigenvalue weighted by Crippen LogP contribution is -2.22. The van der Waals surface area contributed by atoms with Gasteiger partial charge in [-0.25, -0.2) is 8.78 Å². The number of carboxylic acid groups (broad SMARTS) is 1. The van der Waals surface area contributed by atoms with Crippen LogP contribution in [0.2, 0.25) is 0 Å². The topological polar surface area (TPSA) is 49.3 Å². The maximum Gasteiger partial charge on any atom is 0.304 e. The first-order chi connectivity index (χ1) is 7.52. The molecule has 1 rings (SSSR count). The van der Waals surface area contributed by atoms with Gasteiger partial charge < -0.3 is 10.4 Å². The van der Waals surface area contributed by atoms with Crippen molar-refractivity contribution in [3.63, 3.8) is 0 Å². The zero-order valence-corrected chi connectivity index (χ0v) is 8.84. The fraction of sp³-hybridized carbons (Fsp3) is 0.364. The van der Waals surface area contributed by atoms with Crippen LogP contribution in [0.25, 0.3) is 0 Å². The molecule has 0 aromatic heterocycles. The van der Waals surface area contributed by atoms with Gasteiger partial charge >= 0.3 is 5.97 Å². The first-order valence-electron chi connectivity index (χ1n) is 4.91. The summed E-state index contributed by atoms with van der Waals surface area (Å²) in [6, 6.07) is 3.51. The Kier molecular flexibility index (Phi) is 4.37. The second kappa shape index (κ2) is 5.55. The lowest BCUT2D eigenvalue weighted by atomic mass is 10.1. The van der Waals surface area contributed by atoms with Gasteiger partial charge in [-0.2, -0.15) is 0 Å². The maximum absolute atomic E-state index is 13.3. The molecule has 88 valence electrons. The van der Waals surface area contributed by atoms with Gasteiger partial charge in [0.2, 0.25) is 0 Å². The van der Waals surface area contributed by atoms with E-state index in [1.165, 1.54) is 12.1 Å². The van der Waals surface area contributed by atoms with Crippen molar-refractivity contribution in [2.24, 2.45) is 0 Å². The lowest BCUT2D eigenvalue weighted by Gasteiger charge is -2.14. The monoisotopic (exact) mass is 229 g/mol. The molecule has 1 unspecified atom stereocenters. The largest absolute Gasteiger partial charge is 0.481 e. The van der Waals surface area contributed by atoms with Gasteiger partial charge in [-0.15, -0.1) is 0 Å². The minimum Gasteiger partial charge on any atom is -0.481 e. The van der Waals surface area contributed by atoms with E-state index in [1.54, 1.807) is 6.92 Å². The summed E-state index contributed by atoms with van der Waals surface area (Å²) in [5.41, 5.74) is 0.199. The Morgan fingerprint density at radius 2 is 2.19 bits per heavy atom. The van der Waals surface area contributed by atoms with Crippen LogP contribution in [-0.2, 0) is 4.79 Å². The van der Waals surface area contributed by atoms with Crippen LogP contribution >= 0.6 is 0 Å². The van der Waals surface area contributed by atoms with Crippen molar-refractivity contribution in [1.82, 2.24) is 5.32 Å². The molecule has 0 saturated heterocycles. The number of carboxylic acids is 1. The van der Waals surface area contributed by atoms with E-state index in [0.717, 1.165) is 6.07 Å². The Hall–Kier alpha value is -1.49. The van der Waals surface area contributed by atoms with Crippen molar-refractivity contribution >= 4 is 5.97 Å². The smallest absolute Gasteiger partial charge is 0.304 e. The summed E-state index contributed by atoms with van der Waals surface area (Å²) in [5.74, 6) is -2.72. The van der Waals surface area contributed by atoms with E-state index in [9.17, 15) is 13.6 Å².